The zero-order valence-electron chi connectivity index (χ0n) is 12.0. The van der Waals surface area contributed by atoms with Crippen molar-refractivity contribution in [1.29, 1.82) is 0 Å². The van der Waals surface area contributed by atoms with Crippen LogP contribution < -0.4 is 0 Å². The predicted octanol–water partition coefficient (Wildman–Crippen LogP) is 5.62. The van der Waals surface area contributed by atoms with Crippen LogP contribution in [0.5, 0.6) is 0 Å². The maximum Gasteiger partial charge on any atom is 0.134 e. The van der Waals surface area contributed by atoms with Crippen LogP contribution in [0.4, 0.5) is 4.39 Å². The molecule has 1 heteroatoms. The van der Waals surface area contributed by atoms with Crippen molar-refractivity contribution in [2.75, 3.05) is 0 Å². The van der Waals surface area contributed by atoms with Crippen LogP contribution in [0.25, 0.3) is 11.1 Å². The van der Waals surface area contributed by atoms with Gasteiger partial charge in [0.25, 0.3) is 0 Å². The van der Waals surface area contributed by atoms with E-state index < -0.39 is 0 Å². The molecule has 2 aromatic carbocycles. The van der Waals surface area contributed by atoms with Gasteiger partial charge < -0.3 is 0 Å². The van der Waals surface area contributed by atoms with Gasteiger partial charge in [0.05, 0.1) is 0 Å². The first-order valence-electron chi connectivity index (χ1n) is 7.51. The molecule has 0 aromatic heterocycles. The van der Waals surface area contributed by atoms with Gasteiger partial charge in [-0.25, -0.2) is 4.39 Å². The monoisotopic (exact) mass is 268 g/mol. The molecule has 1 fully saturated rings. The minimum Gasteiger partial charge on any atom is -0.206 e. The van der Waals surface area contributed by atoms with Gasteiger partial charge in [-0.2, -0.15) is 0 Å². The topological polar surface area (TPSA) is 0 Å². The molecule has 0 heterocycles. The van der Waals surface area contributed by atoms with Gasteiger partial charge in [-0.15, -0.1) is 0 Å². The maximum atomic E-state index is 14.6. The average Bonchev–Trinajstić information content (AvgIpc) is 3.20. The van der Waals surface area contributed by atoms with Crippen molar-refractivity contribution in [2.24, 2.45) is 5.41 Å². The van der Waals surface area contributed by atoms with Crippen LogP contribution in [0.2, 0.25) is 0 Å². The zero-order valence-corrected chi connectivity index (χ0v) is 12.0. The van der Waals surface area contributed by atoms with E-state index in [1.807, 2.05) is 48.5 Å². The van der Waals surface area contributed by atoms with E-state index in [4.69, 9.17) is 0 Å². The van der Waals surface area contributed by atoms with Crippen molar-refractivity contribution in [3.05, 3.63) is 59.9 Å². The van der Waals surface area contributed by atoms with Crippen LogP contribution >= 0.6 is 0 Å². The lowest BCUT2D eigenvalue weighted by Gasteiger charge is -2.10. The summed E-state index contributed by atoms with van der Waals surface area (Å²) in [5.74, 6) is -0.0420. The minimum absolute atomic E-state index is 0.0420. The molecule has 0 atom stereocenters. The fourth-order valence-corrected chi connectivity index (χ4v) is 2.78. The Balaban J connectivity index is 1.75. The van der Waals surface area contributed by atoms with Gasteiger partial charge in [0.15, 0.2) is 0 Å². The average molecular weight is 268 g/mol. The maximum absolute atomic E-state index is 14.6. The number of aryl methyl sites for hydroxylation is 1. The second-order valence-electron chi connectivity index (χ2n) is 6.31. The SMILES string of the molecule is CC1(CCCc2cccc(-c3ccccc3)c2F)CC1. The lowest BCUT2D eigenvalue weighted by molar-refractivity contribution is 0.489. The van der Waals surface area contributed by atoms with Gasteiger partial charge in [0.2, 0.25) is 0 Å². The molecule has 1 aliphatic rings. The summed E-state index contributed by atoms with van der Waals surface area (Å²) in [5, 5.41) is 0. The molecule has 0 radical (unpaired) electrons. The van der Waals surface area contributed by atoms with E-state index in [1.54, 1.807) is 0 Å². The third-order valence-corrected chi connectivity index (χ3v) is 4.49. The van der Waals surface area contributed by atoms with Crippen LogP contribution in [-0.4, -0.2) is 0 Å². The first-order chi connectivity index (χ1) is 9.68. The Morgan fingerprint density at radius 1 is 1.00 bits per heavy atom. The van der Waals surface area contributed by atoms with E-state index in [2.05, 4.69) is 6.92 Å². The first-order valence-corrected chi connectivity index (χ1v) is 7.51. The van der Waals surface area contributed by atoms with Gasteiger partial charge in [0.1, 0.15) is 5.82 Å². The molecule has 0 bridgehead atoms. The van der Waals surface area contributed by atoms with Crippen molar-refractivity contribution in [3.63, 3.8) is 0 Å². The molecule has 3 rings (SSSR count). The molecule has 2 aromatic rings. The summed E-state index contributed by atoms with van der Waals surface area (Å²) >= 11 is 0. The van der Waals surface area contributed by atoms with Crippen molar-refractivity contribution in [3.8, 4) is 11.1 Å². The molecular formula is C19H21F. The third-order valence-electron chi connectivity index (χ3n) is 4.49. The summed E-state index contributed by atoms with van der Waals surface area (Å²) in [5.41, 5.74) is 3.10. The van der Waals surface area contributed by atoms with E-state index in [0.717, 1.165) is 29.5 Å². The van der Waals surface area contributed by atoms with Crippen LogP contribution in [0.1, 0.15) is 38.2 Å². The summed E-state index contributed by atoms with van der Waals surface area (Å²) in [6.45, 7) is 2.34. The van der Waals surface area contributed by atoms with Crippen LogP contribution in [0.3, 0.4) is 0 Å². The summed E-state index contributed by atoms with van der Waals surface area (Å²) < 4.78 is 14.6. The van der Waals surface area contributed by atoms with E-state index in [1.165, 1.54) is 19.3 Å². The predicted molar refractivity (Wildman–Crippen MR) is 82.1 cm³/mol. The largest absolute Gasteiger partial charge is 0.206 e. The first kappa shape index (κ1) is 13.4. The lowest BCUT2D eigenvalue weighted by Crippen LogP contribution is -1.98. The standard InChI is InChI=1S/C19H21F/c1-19(13-14-19)12-6-10-16-9-5-11-17(18(16)20)15-7-3-2-4-8-15/h2-5,7-9,11H,6,10,12-14H2,1H3. The molecule has 1 saturated carbocycles. The molecular weight excluding hydrogens is 247 g/mol. The summed E-state index contributed by atoms with van der Waals surface area (Å²) in [7, 11) is 0. The molecule has 0 saturated heterocycles. The second kappa shape index (κ2) is 5.40. The van der Waals surface area contributed by atoms with Crippen molar-refractivity contribution < 1.29 is 4.39 Å². The van der Waals surface area contributed by atoms with Gasteiger partial charge in [-0.05, 0) is 48.6 Å². The molecule has 20 heavy (non-hydrogen) atoms. The Bertz CT molecular complexity index is 582. The van der Waals surface area contributed by atoms with E-state index in [-0.39, 0.29) is 5.82 Å². The van der Waals surface area contributed by atoms with Crippen LogP contribution in [0, 0.1) is 11.2 Å². The number of halogens is 1. The van der Waals surface area contributed by atoms with Gasteiger partial charge in [0, 0.05) is 5.56 Å². The third kappa shape index (κ3) is 2.92. The number of rotatable bonds is 5. The smallest absolute Gasteiger partial charge is 0.134 e. The molecule has 104 valence electrons. The van der Waals surface area contributed by atoms with Crippen LogP contribution in [0.15, 0.2) is 48.5 Å². The quantitative estimate of drug-likeness (QED) is 0.660. The Hall–Kier alpha value is -1.63. The normalized spacial score (nSPS) is 16.1. The highest BCUT2D eigenvalue weighted by molar-refractivity contribution is 5.64. The lowest BCUT2D eigenvalue weighted by atomic mass is 9.96. The van der Waals surface area contributed by atoms with Crippen molar-refractivity contribution in [1.82, 2.24) is 0 Å². The van der Waals surface area contributed by atoms with E-state index >= 15 is 0 Å². The minimum atomic E-state index is -0.0420. The highest BCUT2D eigenvalue weighted by Gasteiger charge is 2.36. The van der Waals surface area contributed by atoms with Gasteiger partial charge in [-0.1, -0.05) is 55.5 Å². The molecule has 0 spiro atoms. The number of benzene rings is 2. The van der Waals surface area contributed by atoms with E-state index in [0.29, 0.717) is 5.41 Å². The highest BCUT2D eigenvalue weighted by Crippen LogP contribution is 2.49. The zero-order chi connectivity index (χ0) is 14.0. The molecule has 0 amide bonds. The second-order valence-corrected chi connectivity index (χ2v) is 6.31. The Morgan fingerprint density at radius 2 is 1.75 bits per heavy atom. The van der Waals surface area contributed by atoms with Crippen molar-refractivity contribution >= 4 is 0 Å². The Kier molecular flexibility index (Phi) is 3.60. The van der Waals surface area contributed by atoms with Crippen LogP contribution in [-0.2, 0) is 6.42 Å². The highest BCUT2D eigenvalue weighted by atomic mass is 19.1. The Labute approximate surface area is 120 Å². The molecule has 1 aliphatic carbocycles. The Morgan fingerprint density at radius 3 is 2.45 bits per heavy atom. The number of hydrogen-bond donors (Lipinski definition) is 0. The summed E-state index contributed by atoms with van der Waals surface area (Å²) in [6, 6.07) is 15.6. The van der Waals surface area contributed by atoms with Gasteiger partial charge in [-0.3, -0.25) is 0 Å². The molecule has 0 aliphatic heterocycles. The number of hydrogen-bond acceptors (Lipinski definition) is 0. The van der Waals surface area contributed by atoms with E-state index in [9.17, 15) is 4.39 Å². The molecule has 0 N–H and O–H groups in total. The summed E-state index contributed by atoms with van der Waals surface area (Å²) in [4.78, 5) is 0. The van der Waals surface area contributed by atoms with Gasteiger partial charge >= 0.3 is 0 Å². The molecule has 0 unspecified atom stereocenters. The molecule has 0 nitrogen and oxygen atoms in total. The fraction of sp³-hybridized carbons (Fsp3) is 0.368. The summed E-state index contributed by atoms with van der Waals surface area (Å²) in [6.07, 6.45) is 5.86. The van der Waals surface area contributed by atoms with Crippen molar-refractivity contribution in [2.45, 2.75) is 39.0 Å². The fourth-order valence-electron chi connectivity index (χ4n) is 2.78.